The van der Waals surface area contributed by atoms with Crippen molar-refractivity contribution in [2.24, 2.45) is 0 Å². The lowest BCUT2D eigenvalue weighted by Crippen LogP contribution is -2.39. The van der Waals surface area contributed by atoms with Gasteiger partial charge in [0.05, 0.1) is 10.6 Å². The largest absolute Gasteiger partial charge is 0.351 e. The van der Waals surface area contributed by atoms with Crippen LogP contribution in [-0.4, -0.2) is 47.4 Å². The average molecular weight is 455 g/mol. The molecule has 2 amide bonds. The second kappa shape index (κ2) is 10.4. The Labute approximate surface area is 184 Å². The molecule has 0 spiro atoms. The summed E-state index contributed by atoms with van der Waals surface area (Å²) in [4.78, 5) is 31.3. The summed E-state index contributed by atoms with van der Waals surface area (Å²) in [6.07, 6.45) is 4.71. The number of amides is 2. The van der Waals surface area contributed by atoms with E-state index in [4.69, 9.17) is 23.2 Å². The standard InChI is InChI=1S/C20H24Cl2N4O2S/c1-13-5-2-3-9-26(13)10-4-8-23-19(28)17-12-29-20(24-17)25-18(27)15-7-6-14(21)11-16(15)22/h6-7,11-13H,2-5,8-10H2,1H3,(H,23,28)(H,24,25,27)/t13-/m1/s1. The van der Waals surface area contributed by atoms with E-state index < -0.39 is 5.91 Å². The van der Waals surface area contributed by atoms with Gasteiger partial charge in [0, 0.05) is 29.5 Å². The number of hydrogen-bond acceptors (Lipinski definition) is 5. The van der Waals surface area contributed by atoms with Crippen molar-refractivity contribution in [1.29, 1.82) is 0 Å². The molecule has 1 saturated heterocycles. The maximum atomic E-state index is 12.3. The van der Waals surface area contributed by atoms with Gasteiger partial charge in [0.1, 0.15) is 5.69 Å². The molecule has 2 N–H and O–H groups in total. The zero-order chi connectivity index (χ0) is 20.8. The summed E-state index contributed by atoms with van der Waals surface area (Å²) < 4.78 is 0. The van der Waals surface area contributed by atoms with E-state index >= 15 is 0 Å². The first-order valence-electron chi connectivity index (χ1n) is 9.68. The van der Waals surface area contributed by atoms with Crippen LogP contribution < -0.4 is 10.6 Å². The summed E-state index contributed by atoms with van der Waals surface area (Å²) in [7, 11) is 0. The van der Waals surface area contributed by atoms with Crippen molar-refractivity contribution in [1.82, 2.24) is 15.2 Å². The Kier molecular flexibility index (Phi) is 7.89. The smallest absolute Gasteiger partial charge is 0.270 e. The molecular formula is C20H24Cl2N4O2S. The number of thiazole rings is 1. The average Bonchev–Trinajstić information content (AvgIpc) is 3.14. The quantitative estimate of drug-likeness (QED) is 0.594. The summed E-state index contributed by atoms with van der Waals surface area (Å²) in [6, 6.07) is 5.26. The number of hydrogen-bond donors (Lipinski definition) is 2. The molecule has 1 aliphatic rings. The number of nitrogens with one attached hydrogen (secondary N) is 2. The van der Waals surface area contributed by atoms with Crippen LogP contribution in [0.1, 0.15) is 53.5 Å². The molecule has 1 aromatic heterocycles. The summed E-state index contributed by atoms with van der Waals surface area (Å²) in [5, 5.41) is 8.24. The second-order valence-electron chi connectivity index (χ2n) is 7.11. The molecule has 2 heterocycles. The number of rotatable bonds is 7. The zero-order valence-electron chi connectivity index (χ0n) is 16.2. The van der Waals surface area contributed by atoms with Crippen LogP contribution in [0.2, 0.25) is 10.0 Å². The van der Waals surface area contributed by atoms with Crippen LogP contribution >= 0.6 is 34.5 Å². The summed E-state index contributed by atoms with van der Waals surface area (Å²) in [5.41, 5.74) is 0.586. The highest BCUT2D eigenvalue weighted by Gasteiger charge is 2.18. The Bertz CT molecular complexity index is 874. The van der Waals surface area contributed by atoms with Crippen LogP contribution in [0, 0.1) is 0 Å². The lowest BCUT2D eigenvalue weighted by atomic mass is 10.0. The van der Waals surface area contributed by atoms with Gasteiger partial charge in [-0.05, 0) is 50.9 Å². The normalized spacial score (nSPS) is 17.1. The number of halogens is 2. The Hall–Kier alpha value is -1.67. The monoisotopic (exact) mass is 454 g/mol. The van der Waals surface area contributed by atoms with Crippen LogP contribution in [0.3, 0.4) is 0 Å². The van der Waals surface area contributed by atoms with Gasteiger partial charge in [-0.3, -0.25) is 14.9 Å². The van der Waals surface area contributed by atoms with Gasteiger partial charge in [0.2, 0.25) is 0 Å². The molecule has 6 nitrogen and oxygen atoms in total. The molecule has 0 aliphatic carbocycles. The molecule has 3 rings (SSSR count). The van der Waals surface area contributed by atoms with Gasteiger partial charge >= 0.3 is 0 Å². The molecule has 0 saturated carbocycles. The third kappa shape index (κ3) is 6.15. The molecule has 0 radical (unpaired) electrons. The number of likely N-dealkylation sites (tertiary alicyclic amines) is 1. The van der Waals surface area contributed by atoms with Crippen molar-refractivity contribution in [2.75, 3.05) is 25.0 Å². The molecule has 1 atom stereocenters. The highest BCUT2D eigenvalue weighted by molar-refractivity contribution is 7.14. The maximum Gasteiger partial charge on any atom is 0.270 e. The van der Waals surface area contributed by atoms with Gasteiger partial charge in [0.25, 0.3) is 11.8 Å². The number of carbonyl (C=O) groups excluding carboxylic acids is 2. The lowest BCUT2D eigenvalue weighted by molar-refractivity contribution is 0.0943. The number of piperidine rings is 1. The van der Waals surface area contributed by atoms with Gasteiger partial charge < -0.3 is 10.2 Å². The van der Waals surface area contributed by atoms with E-state index in [1.54, 1.807) is 17.5 Å². The van der Waals surface area contributed by atoms with Crippen molar-refractivity contribution in [2.45, 2.75) is 38.6 Å². The number of carbonyl (C=O) groups is 2. The highest BCUT2D eigenvalue weighted by Crippen LogP contribution is 2.23. The van der Waals surface area contributed by atoms with E-state index in [-0.39, 0.29) is 10.9 Å². The van der Waals surface area contributed by atoms with Crippen LogP contribution in [0.25, 0.3) is 0 Å². The van der Waals surface area contributed by atoms with Crippen LogP contribution in [0.4, 0.5) is 5.13 Å². The van der Waals surface area contributed by atoms with Crippen molar-refractivity contribution >= 4 is 51.5 Å². The van der Waals surface area contributed by atoms with Crippen LogP contribution in [0.5, 0.6) is 0 Å². The zero-order valence-corrected chi connectivity index (χ0v) is 18.5. The van der Waals surface area contributed by atoms with E-state index in [9.17, 15) is 9.59 Å². The van der Waals surface area contributed by atoms with Gasteiger partial charge in [-0.25, -0.2) is 4.98 Å². The summed E-state index contributed by atoms with van der Waals surface area (Å²) in [6.45, 7) is 4.99. The first-order chi connectivity index (χ1) is 13.9. The molecule has 29 heavy (non-hydrogen) atoms. The molecule has 0 unspecified atom stereocenters. The molecule has 1 fully saturated rings. The number of benzene rings is 1. The van der Waals surface area contributed by atoms with E-state index in [1.807, 2.05) is 0 Å². The Morgan fingerprint density at radius 1 is 1.28 bits per heavy atom. The fourth-order valence-electron chi connectivity index (χ4n) is 3.34. The Morgan fingerprint density at radius 2 is 2.10 bits per heavy atom. The lowest BCUT2D eigenvalue weighted by Gasteiger charge is -2.33. The van der Waals surface area contributed by atoms with E-state index in [1.165, 1.54) is 36.7 Å². The molecule has 2 aromatic rings. The summed E-state index contributed by atoms with van der Waals surface area (Å²) >= 11 is 13.1. The topological polar surface area (TPSA) is 74.3 Å². The fraction of sp³-hybridized carbons (Fsp3) is 0.450. The Balaban J connectivity index is 1.46. The molecule has 9 heteroatoms. The SMILES string of the molecule is C[C@@H]1CCCCN1CCCNC(=O)c1csc(NC(=O)c2ccc(Cl)cc2Cl)n1. The number of aromatic nitrogens is 1. The van der Waals surface area contributed by atoms with Gasteiger partial charge in [-0.1, -0.05) is 29.6 Å². The molecular weight excluding hydrogens is 431 g/mol. The van der Waals surface area contributed by atoms with Crippen molar-refractivity contribution < 1.29 is 9.59 Å². The first-order valence-corrected chi connectivity index (χ1v) is 11.3. The van der Waals surface area contributed by atoms with Crippen LogP contribution in [-0.2, 0) is 0 Å². The predicted molar refractivity (Wildman–Crippen MR) is 118 cm³/mol. The van der Waals surface area contributed by atoms with Gasteiger partial charge in [-0.2, -0.15) is 0 Å². The third-order valence-corrected chi connectivity index (χ3v) is 6.29. The first kappa shape index (κ1) is 22.0. The maximum absolute atomic E-state index is 12.3. The van der Waals surface area contributed by atoms with Gasteiger partial charge in [-0.15, -0.1) is 11.3 Å². The van der Waals surface area contributed by atoms with E-state index in [0.717, 1.165) is 19.5 Å². The fourth-order valence-corrected chi connectivity index (χ4v) is 4.52. The second-order valence-corrected chi connectivity index (χ2v) is 8.81. The van der Waals surface area contributed by atoms with Crippen LogP contribution in [0.15, 0.2) is 23.6 Å². The Morgan fingerprint density at radius 3 is 2.86 bits per heavy atom. The number of nitrogens with zero attached hydrogens (tertiary/aromatic N) is 2. The minimum Gasteiger partial charge on any atom is -0.351 e. The molecule has 1 aliphatic heterocycles. The van der Waals surface area contributed by atoms with Gasteiger partial charge in [0.15, 0.2) is 5.13 Å². The molecule has 0 bridgehead atoms. The third-order valence-electron chi connectivity index (χ3n) is 4.98. The molecule has 1 aromatic carbocycles. The highest BCUT2D eigenvalue weighted by atomic mass is 35.5. The summed E-state index contributed by atoms with van der Waals surface area (Å²) in [5.74, 6) is -0.637. The minimum atomic E-state index is -0.399. The van der Waals surface area contributed by atoms with E-state index in [0.29, 0.717) is 34.0 Å². The number of anilines is 1. The molecule has 156 valence electrons. The minimum absolute atomic E-state index is 0.238. The van der Waals surface area contributed by atoms with E-state index in [2.05, 4.69) is 27.4 Å². The van der Waals surface area contributed by atoms with Crippen molar-refractivity contribution in [3.05, 3.63) is 44.9 Å². The predicted octanol–water partition coefficient (Wildman–Crippen LogP) is 4.70. The van der Waals surface area contributed by atoms with Crippen molar-refractivity contribution in [3.63, 3.8) is 0 Å². The van der Waals surface area contributed by atoms with Crippen molar-refractivity contribution in [3.8, 4) is 0 Å².